The van der Waals surface area contributed by atoms with Crippen LogP contribution in [0.15, 0.2) is 36.9 Å². The van der Waals surface area contributed by atoms with Crippen molar-refractivity contribution in [2.24, 2.45) is 5.41 Å². The van der Waals surface area contributed by atoms with E-state index in [2.05, 4.69) is 37.9 Å². The summed E-state index contributed by atoms with van der Waals surface area (Å²) in [6.07, 6.45) is 3.02. The van der Waals surface area contributed by atoms with E-state index < -0.39 is 0 Å². The highest BCUT2D eigenvalue weighted by Crippen LogP contribution is 2.23. The molecule has 0 amide bonds. The van der Waals surface area contributed by atoms with Crippen molar-refractivity contribution in [3.05, 3.63) is 47.5 Å². The number of hydrogen-bond donors (Lipinski definition) is 1. The molecule has 88 valence electrons. The summed E-state index contributed by atoms with van der Waals surface area (Å²) in [5.74, 6) is 0. The summed E-state index contributed by atoms with van der Waals surface area (Å²) in [4.78, 5) is 0. The van der Waals surface area contributed by atoms with Crippen LogP contribution in [0.3, 0.4) is 0 Å². The van der Waals surface area contributed by atoms with Gasteiger partial charge in [-0.15, -0.1) is 6.58 Å². The van der Waals surface area contributed by atoms with E-state index in [1.807, 2.05) is 18.2 Å². The fourth-order valence-electron chi connectivity index (χ4n) is 1.69. The second-order valence-electron chi connectivity index (χ2n) is 4.44. The van der Waals surface area contributed by atoms with Crippen molar-refractivity contribution < 1.29 is 0 Å². The summed E-state index contributed by atoms with van der Waals surface area (Å²) < 4.78 is 0. The average Bonchev–Trinajstić information content (AvgIpc) is 2.30. The highest BCUT2D eigenvalue weighted by atomic mass is 35.5. The maximum Gasteiger partial charge on any atom is 0.0406 e. The molecule has 1 aromatic carbocycles. The minimum atomic E-state index is 0.101. The Morgan fingerprint density at radius 3 is 2.50 bits per heavy atom. The van der Waals surface area contributed by atoms with Gasteiger partial charge in [-0.25, -0.2) is 0 Å². The van der Waals surface area contributed by atoms with E-state index in [1.54, 1.807) is 0 Å². The van der Waals surface area contributed by atoms with E-state index in [0.29, 0.717) is 0 Å². The van der Waals surface area contributed by atoms with Gasteiger partial charge in [0.25, 0.3) is 0 Å². The summed E-state index contributed by atoms with van der Waals surface area (Å²) >= 11 is 5.87. The molecule has 1 unspecified atom stereocenters. The minimum absolute atomic E-state index is 0.101. The summed E-state index contributed by atoms with van der Waals surface area (Å²) in [6.45, 7) is 10.2. The van der Waals surface area contributed by atoms with Crippen LogP contribution >= 0.6 is 11.6 Å². The summed E-state index contributed by atoms with van der Waals surface area (Å²) in [5, 5.41) is 4.16. The average molecular weight is 238 g/mol. The quantitative estimate of drug-likeness (QED) is 0.745. The summed E-state index contributed by atoms with van der Waals surface area (Å²) in [5.41, 5.74) is 1.40. The van der Waals surface area contributed by atoms with Crippen LogP contribution in [0.5, 0.6) is 0 Å². The molecule has 1 rings (SSSR count). The molecule has 1 N–H and O–H groups in total. The third kappa shape index (κ3) is 3.99. The third-order valence-corrected chi connectivity index (χ3v) is 3.04. The van der Waals surface area contributed by atoms with Crippen LogP contribution in [0.1, 0.15) is 19.4 Å². The van der Waals surface area contributed by atoms with Gasteiger partial charge in [-0.3, -0.25) is 0 Å². The zero-order chi connectivity index (χ0) is 12.0. The van der Waals surface area contributed by atoms with Crippen molar-refractivity contribution in [3.8, 4) is 0 Å². The van der Waals surface area contributed by atoms with Crippen LogP contribution in [-0.2, 0) is 6.42 Å². The Morgan fingerprint density at radius 1 is 1.38 bits per heavy atom. The predicted octanol–water partition coefficient (Wildman–Crippen LogP) is 3.68. The molecule has 0 fully saturated rings. The molecule has 1 atom stereocenters. The van der Waals surface area contributed by atoms with E-state index in [4.69, 9.17) is 11.6 Å². The van der Waals surface area contributed by atoms with Gasteiger partial charge in [0.15, 0.2) is 0 Å². The number of halogens is 1. The van der Waals surface area contributed by atoms with Gasteiger partial charge in [-0.1, -0.05) is 43.7 Å². The molecule has 16 heavy (non-hydrogen) atoms. The molecule has 0 saturated heterocycles. The molecule has 0 saturated carbocycles. The van der Waals surface area contributed by atoms with E-state index >= 15 is 0 Å². The first-order valence-corrected chi connectivity index (χ1v) is 6.06. The lowest BCUT2D eigenvalue weighted by atomic mass is 9.83. The summed E-state index contributed by atoms with van der Waals surface area (Å²) in [7, 11) is 0. The van der Waals surface area contributed by atoms with Crippen molar-refractivity contribution >= 4 is 11.6 Å². The monoisotopic (exact) mass is 237 g/mol. The Bertz CT molecular complexity index is 331. The van der Waals surface area contributed by atoms with Gasteiger partial charge in [-0.05, 0) is 30.7 Å². The SMILES string of the molecule is C=CC(C)(CNCC)Cc1ccc(Cl)cc1. The second-order valence-corrected chi connectivity index (χ2v) is 4.88. The van der Waals surface area contributed by atoms with Crippen LogP contribution < -0.4 is 5.32 Å². The van der Waals surface area contributed by atoms with Gasteiger partial charge in [0.2, 0.25) is 0 Å². The Labute approximate surface area is 104 Å². The number of rotatable bonds is 6. The second kappa shape index (κ2) is 6.07. The largest absolute Gasteiger partial charge is 0.316 e. The maximum absolute atomic E-state index is 5.87. The Hall–Kier alpha value is -0.790. The molecule has 0 spiro atoms. The molecule has 0 aliphatic heterocycles. The van der Waals surface area contributed by atoms with E-state index in [9.17, 15) is 0 Å². The first-order chi connectivity index (χ1) is 7.59. The van der Waals surface area contributed by atoms with Gasteiger partial charge in [0.05, 0.1) is 0 Å². The van der Waals surface area contributed by atoms with Gasteiger partial charge in [-0.2, -0.15) is 0 Å². The van der Waals surface area contributed by atoms with Gasteiger partial charge < -0.3 is 5.32 Å². The normalized spacial score (nSPS) is 14.4. The van der Waals surface area contributed by atoms with Crippen molar-refractivity contribution in [2.45, 2.75) is 20.3 Å². The predicted molar refractivity (Wildman–Crippen MR) is 72.0 cm³/mol. The minimum Gasteiger partial charge on any atom is -0.316 e. The van der Waals surface area contributed by atoms with Gasteiger partial charge in [0, 0.05) is 17.0 Å². The van der Waals surface area contributed by atoms with Crippen molar-refractivity contribution in [1.29, 1.82) is 0 Å². The molecule has 0 radical (unpaired) electrons. The van der Waals surface area contributed by atoms with Crippen LogP contribution in [0.4, 0.5) is 0 Å². The molecule has 0 aliphatic carbocycles. The van der Waals surface area contributed by atoms with Crippen molar-refractivity contribution in [1.82, 2.24) is 5.32 Å². The fraction of sp³-hybridized carbons (Fsp3) is 0.429. The maximum atomic E-state index is 5.87. The third-order valence-electron chi connectivity index (χ3n) is 2.79. The van der Waals surface area contributed by atoms with Crippen molar-refractivity contribution in [2.75, 3.05) is 13.1 Å². The van der Waals surface area contributed by atoms with Gasteiger partial charge >= 0.3 is 0 Å². The Kier molecular flexibility index (Phi) is 5.04. The zero-order valence-corrected chi connectivity index (χ0v) is 10.8. The highest BCUT2D eigenvalue weighted by molar-refractivity contribution is 6.30. The first-order valence-electron chi connectivity index (χ1n) is 5.68. The van der Waals surface area contributed by atoms with E-state index in [-0.39, 0.29) is 5.41 Å². The molecule has 1 aromatic rings. The molecule has 0 bridgehead atoms. The van der Waals surface area contributed by atoms with E-state index in [0.717, 1.165) is 24.5 Å². The first kappa shape index (κ1) is 13.3. The zero-order valence-electron chi connectivity index (χ0n) is 10.1. The topological polar surface area (TPSA) is 12.0 Å². The Balaban J connectivity index is 2.68. The Morgan fingerprint density at radius 2 is 2.00 bits per heavy atom. The molecule has 0 aromatic heterocycles. The molecular formula is C14H20ClN. The molecule has 0 heterocycles. The number of hydrogen-bond acceptors (Lipinski definition) is 1. The molecule has 1 nitrogen and oxygen atoms in total. The fourth-order valence-corrected chi connectivity index (χ4v) is 1.81. The molecular weight excluding hydrogens is 218 g/mol. The van der Waals surface area contributed by atoms with Crippen molar-refractivity contribution in [3.63, 3.8) is 0 Å². The van der Waals surface area contributed by atoms with Crippen LogP contribution in [0.2, 0.25) is 5.02 Å². The highest BCUT2D eigenvalue weighted by Gasteiger charge is 2.19. The number of benzene rings is 1. The lowest BCUT2D eigenvalue weighted by molar-refractivity contribution is 0.396. The van der Waals surface area contributed by atoms with E-state index in [1.165, 1.54) is 5.56 Å². The summed E-state index contributed by atoms with van der Waals surface area (Å²) in [6, 6.07) is 8.04. The van der Waals surface area contributed by atoms with Crippen LogP contribution in [-0.4, -0.2) is 13.1 Å². The smallest absolute Gasteiger partial charge is 0.0406 e. The lowest BCUT2D eigenvalue weighted by Crippen LogP contribution is -2.31. The van der Waals surface area contributed by atoms with Crippen LogP contribution in [0, 0.1) is 5.41 Å². The standard InChI is InChI=1S/C14H20ClN/c1-4-14(3,11-16-5-2)10-12-6-8-13(15)9-7-12/h4,6-9,16H,1,5,10-11H2,2-3H3. The van der Waals surface area contributed by atoms with Gasteiger partial charge in [0.1, 0.15) is 0 Å². The molecule has 2 heteroatoms. The number of nitrogens with one attached hydrogen (secondary N) is 1. The lowest BCUT2D eigenvalue weighted by Gasteiger charge is -2.26. The molecule has 0 aliphatic rings. The van der Waals surface area contributed by atoms with Crippen LogP contribution in [0.25, 0.3) is 0 Å².